The van der Waals surface area contributed by atoms with Crippen molar-refractivity contribution in [1.29, 1.82) is 0 Å². The van der Waals surface area contributed by atoms with Gasteiger partial charge in [-0.15, -0.1) is 0 Å². The number of hydrogen-bond donors (Lipinski definition) is 5. The zero-order valence-electron chi connectivity index (χ0n) is 19.1. The van der Waals surface area contributed by atoms with Gasteiger partial charge in [0.1, 0.15) is 17.9 Å². The minimum absolute atomic E-state index is 0.0191. The van der Waals surface area contributed by atoms with Crippen LogP contribution in [0.1, 0.15) is 58.9 Å². The number of ether oxygens (including phenoxy) is 1. The Morgan fingerprint density at radius 1 is 1.30 bits per heavy atom. The Morgan fingerprint density at radius 2 is 1.94 bits per heavy atom. The van der Waals surface area contributed by atoms with Gasteiger partial charge in [0.05, 0.1) is 22.8 Å². The number of nitrogens with zero attached hydrogens (tertiary/aromatic N) is 2. The molecule has 5 N–H and O–H groups in total. The Kier molecular flexibility index (Phi) is 6.96. The number of H-pyrrole nitrogens is 1. The Balaban J connectivity index is 1.88. The summed E-state index contributed by atoms with van der Waals surface area (Å²) >= 11 is 0. The molecule has 0 bridgehead atoms. The molecule has 1 aliphatic heterocycles. The molecule has 2 aromatic rings. The average Bonchev–Trinajstić information content (AvgIpc) is 3.16. The number of aromatic amines is 1. The van der Waals surface area contributed by atoms with E-state index in [1.54, 1.807) is 6.92 Å². The lowest BCUT2D eigenvalue weighted by atomic mass is 9.93. The van der Waals surface area contributed by atoms with Crippen molar-refractivity contribution in [1.82, 2.24) is 14.5 Å². The van der Waals surface area contributed by atoms with Crippen LogP contribution in [0, 0.1) is 12.7 Å². The van der Waals surface area contributed by atoms with Gasteiger partial charge in [-0.05, 0) is 33.6 Å². The van der Waals surface area contributed by atoms with E-state index in [-0.39, 0.29) is 36.0 Å². The minimum atomic E-state index is -4.49. The summed E-state index contributed by atoms with van der Waals surface area (Å²) in [7, 11) is -4.49. The van der Waals surface area contributed by atoms with Crippen molar-refractivity contribution >= 4 is 18.6 Å². The molecule has 1 aliphatic rings. The molecule has 0 spiro atoms. The van der Waals surface area contributed by atoms with Gasteiger partial charge < -0.3 is 34.5 Å². The van der Waals surface area contributed by atoms with E-state index < -0.39 is 54.6 Å². The van der Waals surface area contributed by atoms with Crippen LogP contribution in [0.15, 0.2) is 11.0 Å². The van der Waals surface area contributed by atoms with Gasteiger partial charge in [0.15, 0.2) is 17.4 Å². The van der Waals surface area contributed by atoms with Crippen LogP contribution in [-0.2, 0) is 13.8 Å². The Morgan fingerprint density at radius 3 is 2.52 bits per heavy atom. The zero-order valence-corrected chi connectivity index (χ0v) is 20.0. The predicted octanol–water partition coefficient (Wildman–Crippen LogP) is 1.67. The Bertz CT molecular complexity index is 1130. The summed E-state index contributed by atoms with van der Waals surface area (Å²) in [5, 5.41) is 29.5. The van der Waals surface area contributed by atoms with Gasteiger partial charge in [-0.2, -0.15) is 4.98 Å². The van der Waals surface area contributed by atoms with Gasteiger partial charge in [-0.1, -0.05) is 13.8 Å². The van der Waals surface area contributed by atoms with E-state index >= 15 is 0 Å². The molecule has 3 heterocycles. The maximum absolute atomic E-state index is 14.3. The fourth-order valence-electron chi connectivity index (χ4n) is 3.74. The van der Waals surface area contributed by atoms with Crippen molar-refractivity contribution in [3.05, 3.63) is 28.2 Å². The third kappa shape index (κ3) is 4.66. The van der Waals surface area contributed by atoms with Crippen molar-refractivity contribution in [3.8, 4) is 0 Å². The molecular weight excluding hydrogens is 460 g/mol. The van der Waals surface area contributed by atoms with Crippen molar-refractivity contribution < 1.29 is 38.4 Å². The first kappa shape index (κ1) is 26.0. The van der Waals surface area contributed by atoms with Crippen LogP contribution in [0.2, 0.25) is 0 Å². The summed E-state index contributed by atoms with van der Waals surface area (Å²) in [5.41, 5.74) is -1.91. The number of halogens is 1. The summed E-state index contributed by atoms with van der Waals surface area (Å²) < 4.78 is 39.1. The highest BCUT2D eigenvalue weighted by Crippen LogP contribution is 2.59. The Hall–Kier alpha value is -1.66. The highest BCUT2D eigenvalue weighted by Gasteiger charge is 2.50. The number of aliphatic hydroxyl groups is 3. The van der Waals surface area contributed by atoms with E-state index in [1.807, 2.05) is 0 Å². The number of aliphatic hydroxyl groups excluding tert-OH is 2. The fourth-order valence-corrected chi connectivity index (χ4v) is 5.14. The number of nitrogens with one attached hydrogen (secondary N) is 1. The van der Waals surface area contributed by atoms with Crippen LogP contribution in [0.5, 0.6) is 0 Å². The lowest BCUT2D eigenvalue weighted by molar-refractivity contribution is -0.0712. The molecule has 1 fully saturated rings. The first-order chi connectivity index (χ1) is 15.2. The molecule has 11 nitrogen and oxygen atoms in total. The predicted molar refractivity (Wildman–Crippen MR) is 116 cm³/mol. The van der Waals surface area contributed by atoms with Crippen molar-refractivity contribution in [2.45, 2.75) is 89.4 Å². The van der Waals surface area contributed by atoms with Crippen molar-refractivity contribution in [2.75, 3.05) is 0 Å². The topological polar surface area (TPSA) is 167 Å². The summed E-state index contributed by atoms with van der Waals surface area (Å²) in [6.07, 6.45) is -4.30. The Labute approximate surface area is 189 Å². The lowest BCUT2D eigenvalue weighted by Gasteiger charge is -2.37. The SMILES string of the molecule is CCC(C)(C[C@H]1O[C@@H](n2cc3c(F)c(C)[nH]c3nc2=O)[C@@H](O)C1O)OP(=O)(O)C(C)(O)CC. The molecule has 13 heteroatoms. The van der Waals surface area contributed by atoms with E-state index in [2.05, 4.69) is 9.97 Å². The molecule has 0 aromatic carbocycles. The van der Waals surface area contributed by atoms with Crippen molar-refractivity contribution in [3.63, 3.8) is 0 Å². The first-order valence-corrected chi connectivity index (χ1v) is 12.3. The van der Waals surface area contributed by atoms with Crippen LogP contribution in [0.3, 0.4) is 0 Å². The number of hydrogen-bond acceptors (Lipinski definition) is 8. The molecule has 1 saturated heterocycles. The summed E-state index contributed by atoms with van der Waals surface area (Å²) in [6, 6.07) is 0. The van der Waals surface area contributed by atoms with E-state index in [9.17, 15) is 34.0 Å². The van der Waals surface area contributed by atoms with Gasteiger partial charge in [-0.25, -0.2) is 9.18 Å². The second-order valence-corrected chi connectivity index (χ2v) is 11.2. The molecule has 4 unspecified atom stereocenters. The van der Waals surface area contributed by atoms with Gasteiger partial charge in [0.2, 0.25) is 0 Å². The molecule has 2 aromatic heterocycles. The highest BCUT2D eigenvalue weighted by molar-refractivity contribution is 7.54. The minimum Gasteiger partial charge on any atom is -0.388 e. The summed E-state index contributed by atoms with van der Waals surface area (Å²) in [4.78, 5) is 29.3. The molecule has 0 amide bonds. The highest BCUT2D eigenvalue weighted by atomic mass is 31.2. The third-order valence-electron chi connectivity index (χ3n) is 6.44. The lowest BCUT2D eigenvalue weighted by Crippen LogP contribution is -2.40. The first-order valence-electron chi connectivity index (χ1n) is 10.7. The van der Waals surface area contributed by atoms with Crippen molar-refractivity contribution in [2.24, 2.45) is 0 Å². The summed E-state index contributed by atoms with van der Waals surface area (Å²) in [5.74, 6) is -0.607. The van der Waals surface area contributed by atoms with Crippen LogP contribution >= 0.6 is 7.60 Å². The number of aryl methyl sites for hydroxylation is 1. The second kappa shape index (κ2) is 8.84. The maximum atomic E-state index is 14.3. The standard InChI is InChI=1S/C20H31FN3O8P/c1-6-19(4,32-33(29,30)20(5,28)7-2)8-12-14(25)15(26)17(31-12)24-9-11-13(21)10(3)22-16(11)23-18(24)27/h9,12,14-15,17,25-26,28H,6-8H2,1-5H3,(H,29,30)(H,22,23,27)/t12-,14?,15+,17-,19?,20?/m1/s1. The van der Waals surface area contributed by atoms with E-state index in [0.717, 1.165) is 10.8 Å². The van der Waals surface area contributed by atoms with Gasteiger partial charge in [0.25, 0.3) is 0 Å². The normalized spacial score (nSPS) is 29.0. The average molecular weight is 491 g/mol. The van der Waals surface area contributed by atoms with E-state index in [0.29, 0.717) is 0 Å². The van der Waals surface area contributed by atoms with Crippen LogP contribution in [-0.4, -0.2) is 64.0 Å². The third-order valence-corrected chi connectivity index (χ3v) is 8.66. The quantitative estimate of drug-likeness (QED) is 0.345. The molecule has 33 heavy (non-hydrogen) atoms. The monoisotopic (exact) mass is 491 g/mol. The largest absolute Gasteiger partial charge is 0.388 e. The number of rotatable bonds is 8. The molecule has 0 saturated carbocycles. The maximum Gasteiger partial charge on any atom is 0.359 e. The van der Waals surface area contributed by atoms with Crippen LogP contribution in [0.25, 0.3) is 11.0 Å². The van der Waals surface area contributed by atoms with E-state index in [4.69, 9.17) is 9.26 Å². The molecule has 186 valence electrons. The van der Waals surface area contributed by atoms with E-state index in [1.165, 1.54) is 27.7 Å². The smallest absolute Gasteiger partial charge is 0.359 e. The second-order valence-electron chi connectivity index (χ2n) is 8.99. The van der Waals surface area contributed by atoms with Gasteiger partial charge in [-0.3, -0.25) is 9.13 Å². The van der Waals surface area contributed by atoms with Gasteiger partial charge in [0, 0.05) is 12.6 Å². The van der Waals surface area contributed by atoms with Crippen LogP contribution in [0.4, 0.5) is 4.39 Å². The molecule has 0 radical (unpaired) electrons. The number of aromatic nitrogens is 3. The zero-order chi connectivity index (χ0) is 24.9. The van der Waals surface area contributed by atoms with Gasteiger partial charge >= 0.3 is 13.3 Å². The molecule has 0 aliphatic carbocycles. The molecular formula is C20H31FN3O8P. The fraction of sp³-hybridized carbons (Fsp3) is 0.700. The van der Waals surface area contributed by atoms with Crippen LogP contribution < -0.4 is 5.69 Å². The molecule has 3 rings (SSSR count). The molecule has 7 atom stereocenters. The number of fused-ring (bicyclic) bond motifs is 1. The summed E-state index contributed by atoms with van der Waals surface area (Å²) in [6.45, 7) is 7.43.